The SMILES string of the molecule is CCCC(=O)CCc1cccc(-n2ccc3cnc(Nc4cc(OC)c(OC)c(OC)c4)nc32)c1. The zero-order valence-corrected chi connectivity index (χ0v) is 20.5. The molecule has 0 radical (unpaired) electrons. The van der Waals surface area contributed by atoms with E-state index in [9.17, 15) is 4.79 Å². The van der Waals surface area contributed by atoms with Crippen LogP contribution in [0.25, 0.3) is 16.7 Å². The van der Waals surface area contributed by atoms with Gasteiger partial charge in [0.25, 0.3) is 0 Å². The van der Waals surface area contributed by atoms with Crippen molar-refractivity contribution in [2.75, 3.05) is 26.6 Å². The van der Waals surface area contributed by atoms with Crippen LogP contribution in [0, 0.1) is 0 Å². The van der Waals surface area contributed by atoms with E-state index in [-0.39, 0.29) is 0 Å². The molecule has 0 saturated carbocycles. The highest BCUT2D eigenvalue weighted by molar-refractivity contribution is 5.80. The number of ether oxygens (including phenoxy) is 3. The summed E-state index contributed by atoms with van der Waals surface area (Å²) in [5.74, 6) is 2.33. The van der Waals surface area contributed by atoms with Crippen molar-refractivity contribution < 1.29 is 19.0 Å². The van der Waals surface area contributed by atoms with Crippen molar-refractivity contribution in [2.45, 2.75) is 32.6 Å². The second-order valence-electron chi connectivity index (χ2n) is 8.16. The van der Waals surface area contributed by atoms with E-state index in [1.807, 2.05) is 35.9 Å². The van der Waals surface area contributed by atoms with Gasteiger partial charge in [0.15, 0.2) is 11.5 Å². The molecule has 4 aromatic rings. The smallest absolute Gasteiger partial charge is 0.229 e. The van der Waals surface area contributed by atoms with E-state index in [1.54, 1.807) is 39.7 Å². The third-order valence-electron chi connectivity index (χ3n) is 5.76. The van der Waals surface area contributed by atoms with Gasteiger partial charge < -0.3 is 24.1 Å². The minimum atomic E-state index is 0.305. The predicted octanol–water partition coefficient (Wildman–Crippen LogP) is 5.49. The minimum absolute atomic E-state index is 0.305. The van der Waals surface area contributed by atoms with E-state index >= 15 is 0 Å². The van der Waals surface area contributed by atoms with Gasteiger partial charge in [-0.2, -0.15) is 4.98 Å². The van der Waals surface area contributed by atoms with Crippen molar-refractivity contribution in [3.8, 4) is 22.9 Å². The highest BCUT2D eigenvalue weighted by atomic mass is 16.5. The monoisotopic (exact) mass is 474 g/mol. The van der Waals surface area contributed by atoms with E-state index in [0.717, 1.165) is 35.1 Å². The molecule has 0 spiro atoms. The number of carbonyl (C=O) groups is 1. The second-order valence-corrected chi connectivity index (χ2v) is 8.16. The largest absolute Gasteiger partial charge is 0.493 e. The van der Waals surface area contributed by atoms with Crippen molar-refractivity contribution in [2.24, 2.45) is 0 Å². The van der Waals surface area contributed by atoms with E-state index in [4.69, 9.17) is 19.2 Å². The summed E-state index contributed by atoms with van der Waals surface area (Å²) in [6.45, 7) is 2.03. The van der Waals surface area contributed by atoms with Crippen molar-refractivity contribution in [1.82, 2.24) is 14.5 Å². The summed E-state index contributed by atoms with van der Waals surface area (Å²) in [6, 6.07) is 13.8. The zero-order valence-electron chi connectivity index (χ0n) is 20.5. The predicted molar refractivity (Wildman–Crippen MR) is 136 cm³/mol. The minimum Gasteiger partial charge on any atom is -0.493 e. The number of Topliss-reactive ketones (excluding diaryl/α,β-unsaturated/α-hetero) is 1. The molecule has 8 heteroatoms. The number of methoxy groups -OCH3 is 3. The molecule has 0 aliphatic heterocycles. The van der Waals surface area contributed by atoms with E-state index < -0.39 is 0 Å². The Labute approximate surface area is 204 Å². The zero-order chi connectivity index (χ0) is 24.8. The molecule has 0 aliphatic carbocycles. The number of nitrogens with one attached hydrogen (secondary N) is 1. The Morgan fingerprint density at radius 2 is 1.77 bits per heavy atom. The molecule has 4 rings (SSSR count). The molecule has 0 amide bonds. The molecule has 2 heterocycles. The number of fused-ring (bicyclic) bond motifs is 1. The van der Waals surface area contributed by atoms with Gasteiger partial charge in [-0.25, -0.2) is 4.98 Å². The van der Waals surface area contributed by atoms with E-state index in [0.29, 0.717) is 47.5 Å². The number of aromatic nitrogens is 3. The molecule has 2 aromatic heterocycles. The van der Waals surface area contributed by atoms with Crippen molar-refractivity contribution in [3.05, 3.63) is 60.4 Å². The first kappa shape index (κ1) is 24.1. The lowest BCUT2D eigenvalue weighted by Crippen LogP contribution is -2.02. The first-order valence-corrected chi connectivity index (χ1v) is 11.6. The van der Waals surface area contributed by atoms with Gasteiger partial charge in [-0.3, -0.25) is 4.79 Å². The number of hydrogen-bond donors (Lipinski definition) is 1. The van der Waals surface area contributed by atoms with Crippen LogP contribution in [0.3, 0.4) is 0 Å². The van der Waals surface area contributed by atoms with Crippen LogP contribution in [0.4, 0.5) is 11.6 Å². The fraction of sp³-hybridized carbons (Fsp3) is 0.296. The highest BCUT2D eigenvalue weighted by Gasteiger charge is 2.15. The lowest BCUT2D eigenvalue weighted by Gasteiger charge is -2.14. The first-order valence-electron chi connectivity index (χ1n) is 11.6. The Morgan fingerprint density at radius 1 is 1.00 bits per heavy atom. The lowest BCUT2D eigenvalue weighted by atomic mass is 10.0. The third-order valence-corrected chi connectivity index (χ3v) is 5.76. The first-order chi connectivity index (χ1) is 17.1. The maximum Gasteiger partial charge on any atom is 0.229 e. The lowest BCUT2D eigenvalue weighted by molar-refractivity contribution is -0.119. The number of benzene rings is 2. The fourth-order valence-corrected chi connectivity index (χ4v) is 4.02. The average molecular weight is 475 g/mol. The van der Waals surface area contributed by atoms with Gasteiger partial charge in [-0.1, -0.05) is 19.1 Å². The molecule has 35 heavy (non-hydrogen) atoms. The van der Waals surface area contributed by atoms with Crippen LogP contribution in [0.1, 0.15) is 31.7 Å². The number of anilines is 2. The number of nitrogens with zero attached hydrogens (tertiary/aromatic N) is 3. The maximum atomic E-state index is 12.0. The van der Waals surface area contributed by atoms with Crippen LogP contribution in [0.5, 0.6) is 17.2 Å². The number of rotatable bonds is 11. The topological polar surface area (TPSA) is 87.5 Å². The average Bonchev–Trinajstić information content (AvgIpc) is 3.30. The molecule has 0 unspecified atom stereocenters. The Kier molecular flexibility index (Phi) is 7.50. The number of hydrogen-bond acceptors (Lipinski definition) is 7. The molecular formula is C27H30N4O4. The Morgan fingerprint density at radius 3 is 2.46 bits per heavy atom. The molecule has 0 saturated heterocycles. The standard InChI is InChI=1S/C27H30N4O4/c1-5-7-22(32)11-10-18-8-6-9-21(14-18)31-13-12-19-17-28-27(30-26(19)31)29-20-15-23(33-2)25(35-4)24(16-20)34-3/h6,8-9,12-17H,5,7,10-11H2,1-4H3,(H,28,29,30). The van der Waals surface area contributed by atoms with Gasteiger partial charge in [0.1, 0.15) is 11.4 Å². The van der Waals surface area contributed by atoms with Gasteiger partial charge in [0, 0.05) is 54.1 Å². The van der Waals surface area contributed by atoms with Gasteiger partial charge in [-0.15, -0.1) is 0 Å². The summed E-state index contributed by atoms with van der Waals surface area (Å²) in [6.07, 6.45) is 6.58. The van der Waals surface area contributed by atoms with Crippen LogP contribution >= 0.6 is 0 Å². The molecule has 0 atom stereocenters. The van der Waals surface area contributed by atoms with Crippen molar-refractivity contribution in [1.29, 1.82) is 0 Å². The van der Waals surface area contributed by atoms with Crippen molar-refractivity contribution in [3.63, 3.8) is 0 Å². The molecule has 182 valence electrons. The van der Waals surface area contributed by atoms with Crippen LogP contribution in [-0.4, -0.2) is 41.6 Å². The van der Waals surface area contributed by atoms with Gasteiger partial charge in [-0.05, 0) is 36.6 Å². The number of ketones is 1. The maximum absolute atomic E-state index is 12.0. The molecule has 0 bridgehead atoms. The van der Waals surface area contributed by atoms with E-state index in [2.05, 4.69) is 22.4 Å². The molecular weight excluding hydrogens is 444 g/mol. The van der Waals surface area contributed by atoms with Gasteiger partial charge in [0.2, 0.25) is 11.7 Å². The molecule has 0 aliphatic rings. The summed E-state index contributed by atoms with van der Waals surface area (Å²) < 4.78 is 18.3. The normalized spacial score (nSPS) is 10.9. The summed E-state index contributed by atoms with van der Waals surface area (Å²) in [5, 5.41) is 4.15. The molecule has 8 nitrogen and oxygen atoms in total. The number of carbonyl (C=O) groups excluding carboxylic acids is 1. The Hall–Kier alpha value is -4.07. The Balaban J connectivity index is 1.62. The third kappa shape index (κ3) is 5.37. The van der Waals surface area contributed by atoms with E-state index in [1.165, 1.54) is 0 Å². The summed E-state index contributed by atoms with van der Waals surface area (Å²) in [7, 11) is 4.71. The van der Waals surface area contributed by atoms with Crippen LogP contribution in [0.2, 0.25) is 0 Å². The molecule has 1 N–H and O–H groups in total. The molecule has 2 aromatic carbocycles. The quantitative estimate of drug-likeness (QED) is 0.307. The number of aryl methyl sites for hydroxylation is 1. The van der Waals surface area contributed by atoms with Crippen LogP contribution in [-0.2, 0) is 11.2 Å². The summed E-state index contributed by atoms with van der Waals surface area (Å²) in [5.41, 5.74) is 3.58. The summed E-state index contributed by atoms with van der Waals surface area (Å²) >= 11 is 0. The fourth-order valence-electron chi connectivity index (χ4n) is 4.02. The molecule has 0 fully saturated rings. The van der Waals surface area contributed by atoms with Crippen molar-refractivity contribution >= 4 is 28.5 Å². The van der Waals surface area contributed by atoms with Gasteiger partial charge in [0.05, 0.1) is 21.3 Å². The van der Waals surface area contributed by atoms with Gasteiger partial charge >= 0.3 is 0 Å². The van der Waals surface area contributed by atoms with Crippen LogP contribution < -0.4 is 19.5 Å². The highest BCUT2D eigenvalue weighted by Crippen LogP contribution is 2.40. The van der Waals surface area contributed by atoms with Crippen LogP contribution in [0.15, 0.2) is 54.9 Å². The Bertz CT molecular complexity index is 1310. The summed E-state index contributed by atoms with van der Waals surface area (Å²) in [4.78, 5) is 21.2. The second kappa shape index (κ2) is 10.9.